The van der Waals surface area contributed by atoms with Gasteiger partial charge in [-0.25, -0.2) is 0 Å². The predicted octanol–water partition coefficient (Wildman–Crippen LogP) is 0.344. The lowest BCUT2D eigenvalue weighted by molar-refractivity contribution is 0.365. The third-order valence-corrected chi connectivity index (χ3v) is 0.960. The van der Waals surface area contributed by atoms with E-state index < -0.39 is 0 Å². The Morgan fingerprint density at radius 1 is 1.56 bits per heavy atom. The third-order valence-electron chi connectivity index (χ3n) is 0.960. The van der Waals surface area contributed by atoms with Crippen molar-refractivity contribution >= 4 is 0 Å². The van der Waals surface area contributed by atoms with Gasteiger partial charge in [-0.05, 0) is 26.0 Å². The van der Waals surface area contributed by atoms with E-state index in [0.29, 0.717) is 6.54 Å². The first-order chi connectivity index (χ1) is 4.27. The summed E-state index contributed by atoms with van der Waals surface area (Å²) in [5.74, 6) is 0.0343. The van der Waals surface area contributed by atoms with Crippen LogP contribution in [-0.2, 0) is 0 Å². The number of hydrogen-bond acceptors (Lipinski definition) is 3. The van der Waals surface area contributed by atoms with Crippen LogP contribution in [0.1, 0.15) is 12.8 Å². The molecular weight excluding hydrogens is 116 g/mol. The Labute approximate surface area is 55.6 Å². The number of nitrogens with one attached hydrogen (secondary N) is 1. The fourth-order valence-corrected chi connectivity index (χ4v) is 0.502. The van der Waals surface area contributed by atoms with Crippen LogP contribution in [0, 0.1) is 0 Å². The normalized spacial score (nSPS) is 9.00. The van der Waals surface area contributed by atoms with Crippen LogP contribution >= 0.6 is 0 Å². The minimum absolute atomic E-state index is 0.0343. The summed E-state index contributed by atoms with van der Waals surface area (Å²) < 4.78 is 0. The van der Waals surface area contributed by atoms with E-state index in [-0.39, 0.29) is 5.88 Å². The number of aliphatic hydroxyl groups is 1. The van der Waals surface area contributed by atoms with Gasteiger partial charge in [-0.1, -0.05) is 0 Å². The van der Waals surface area contributed by atoms with Crippen molar-refractivity contribution < 1.29 is 5.11 Å². The molecule has 3 nitrogen and oxygen atoms in total. The first-order valence-corrected chi connectivity index (χ1v) is 3.09. The molecule has 0 aromatic carbocycles. The highest BCUT2D eigenvalue weighted by atomic mass is 16.3. The quantitative estimate of drug-likeness (QED) is 0.371. The molecule has 54 valence electrons. The van der Waals surface area contributed by atoms with Gasteiger partial charge in [-0.15, -0.1) is 0 Å². The van der Waals surface area contributed by atoms with Crippen LogP contribution in [0.2, 0.25) is 0 Å². The lowest BCUT2D eigenvalue weighted by Crippen LogP contribution is -2.14. The van der Waals surface area contributed by atoms with Crippen molar-refractivity contribution in [2.45, 2.75) is 12.8 Å². The lowest BCUT2D eigenvalue weighted by atomic mass is 10.3. The molecule has 0 amide bonds. The topological polar surface area (TPSA) is 58.3 Å². The molecule has 9 heavy (non-hydrogen) atoms. The molecule has 0 saturated carbocycles. The van der Waals surface area contributed by atoms with Gasteiger partial charge in [0.25, 0.3) is 0 Å². The van der Waals surface area contributed by atoms with Gasteiger partial charge in [0.05, 0.1) is 0 Å². The number of hydrogen-bond donors (Lipinski definition) is 3. The zero-order valence-electron chi connectivity index (χ0n) is 5.56. The van der Waals surface area contributed by atoms with Crippen molar-refractivity contribution in [1.29, 1.82) is 0 Å². The van der Waals surface area contributed by atoms with Crippen molar-refractivity contribution in [3.8, 4) is 0 Å². The molecule has 0 unspecified atom stereocenters. The Hall–Kier alpha value is -0.700. The number of nitrogens with two attached hydrogens (primary N) is 1. The summed E-state index contributed by atoms with van der Waals surface area (Å²) in [6.07, 6.45) is 1.97. The summed E-state index contributed by atoms with van der Waals surface area (Å²) >= 11 is 0. The minimum Gasteiger partial charge on any atom is -0.495 e. The van der Waals surface area contributed by atoms with E-state index >= 15 is 0 Å². The molecule has 0 aliphatic rings. The van der Waals surface area contributed by atoms with Gasteiger partial charge in [0, 0.05) is 6.54 Å². The molecule has 0 aliphatic carbocycles. The largest absolute Gasteiger partial charge is 0.495 e. The van der Waals surface area contributed by atoms with Gasteiger partial charge in [0.15, 0.2) is 5.88 Å². The maximum absolute atomic E-state index is 8.51. The smallest absolute Gasteiger partial charge is 0.176 e. The number of aliphatic hydroxyl groups excluding tert-OH is 1. The molecule has 0 aromatic heterocycles. The van der Waals surface area contributed by atoms with Crippen molar-refractivity contribution in [1.82, 2.24) is 5.32 Å². The minimum atomic E-state index is 0.0343. The molecule has 0 atom stereocenters. The molecule has 0 rings (SSSR count). The molecule has 0 bridgehead atoms. The second kappa shape index (κ2) is 5.44. The Kier molecular flexibility index (Phi) is 5.01. The first kappa shape index (κ1) is 8.30. The van der Waals surface area contributed by atoms with Crippen LogP contribution in [0.15, 0.2) is 12.5 Å². The molecular formula is C6H14N2O. The average Bonchev–Trinajstić information content (AvgIpc) is 1.80. The predicted molar refractivity (Wildman–Crippen MR) is 38.1 cm³/mol. The maximum atomic E-state index is 8.51. The van der Waals surface area contributed by atoms with E-state index in [2.05, 4.69) is 11.9 Å². The summed E-state index contributed by atoms with van der Waals surface area (Å²) in [5.41, 5.74) is 5.23. The average molecular weight is 130 g/mol. The first-order valence-electron chi connectivity index (χ1n) is 3.09. The zero-order chi connectivity index (χ0) is 7.11. The van der Waals surface area contributed by atoms with Crippen LogP contribution in [0.5, 0.6) is 0 Å². The molecule has 0 saturated heterocycles. The van der Waals surface area contributed by atoms with Gasteiger partial charge >= 0.3 is 0 Å². The summed E-state index contributed by atoms with van der Waals surface area (Å²) in [4.78, 5) is 0. The summed E-state index contributed by atoms with van der Waals surface area (Å²) in [6.45, 7) is 4.73. The standard InChI is InChI=1S/C6H14N2O/c1-6(9)8-5-3-2-4-7/h8-9H,1-5,7H2. The van der Waals surface area contributed by atoms with Crippen molar-refractivity contribution in [2.75, 3.05) is 13.1 Å². The summed E-state index contributed by atoms with van der Waals surface area (Å²) in [5, 5.41) is 11.2. The Morgan fingerprint density at radius 2 is 2.22 bits per heavy atom. The van der Waals surface area contributed by atoms with Gasteiger partial charge in [-0.2, -0.15) is 0 Å². The molecule has 0 aliphatic heterocycles. The fraction of sp³-hybridized carbons (Fsp3) is 0.667. The van der Waals surface area contributed by atoms with E-state index in [1.54, 1.807) is 0 Å². The lowest BCUT2D eigenvalue weighted by Gasteiger charge is -2.00. The van der Waals surface area contributed by atoms with Crippen LogP contribution in [-0.4, -0.2) is 18.2 Å². The Bertz CT molecular complexity index is 83.1. The summed E-state index contributed by atoms with van der Waals surface area (Å²) in [6, 6.07) is 0. The van der Waals surface area contributed by atoms with Crippen LogP contribution in [0.25, 0.3) is 0 Å². The Balaban J connectivity index is 2.83. The molecule has 3 heteroatoms. The monoisotopic (exact) mass is 130 g/mol. The van der Waals surface area contributed by atoms with E-state index in [9.17, 15) is 0 Å². The van der Waals surface area contributed by atoms with E-state index in [1.807, 2.05) is 0 Å². The molecule has 0 spiro atoms. The summed E-state index contributed by atoms with van der Waals surface area (Å²) in [7, 11) is 0. The van der Waals surface area contributed by atoms with Crippen molar-refractivity contribution in [2.24, 2.45) is 5.73 Å². The molecule has 0 radical (unpaired) electrons. The molecule has 0 fully saturated rings. The van der Waals surface area contributed by atoms with Gasteiger partial charge in [0.1, 0.15) is 0 Å². The van der Waals surface area contributed by atoms with Crippen LogP contribution in [0.3, 0.4) is 0 Å². The number of rotatable bonds is 5. The third kappa shape index (κ3) is 7.30. The maximum Gasteiger partial charge on any atom is 0.176 e. The second-order valence-corrected chi connectivity index (χ2v) is 1.87. The Morgan fingerprint density at radius 3 is 2.67 bits per heavy atom. The molecule has 4 N–H and O–H groups in total. The van der Waals surface area contributed by atoms with Crippen LogP contribution < -0.4 is 11.1 Å². The van der Waals surface area contributed by atoms with Gasteiger partial charge < -0.3 is 16.2 Å². The SMILES string of the molecule is C=C(O)NCCCCN. The van der Waals surface area contributed by atoms with Gasteiger partial charge in [0.2, 0.25) is 0 Å². The van der Waals surface area contributed by atoms with E-state index in [1.165, 1.54) is 0 Å². The highest BCUT2D eigenvalue weighted by Gasteiger charge is 1.85. The van der Waals surface area contributed by atoms with E-state index in [0.717, 1.165) is 19.4 Å². The number of unbranched alkanes of at least 4 members (excludes halogenated alkanes) is 1. The van der Waals surface area contributed by atoms with Crippen molar-refractivity contribution in [3.63, 3.8) is 0 Å². The van der Waals surface area contributed by atoms with Gasteiger partial charge in [-0.3, -0.25) is 0 Å². The molecule has 0 heterocycles. The second-order valence-electron chi connectivity index (χ2n) is 1.87. The van der Waals surface area contributed by atoms with Crippen molar-refractivity contribution in [3.05, 3.63) is 12.5 Å². The highest BCUT2D eigenvalue weighted by molar-refractivity contribution is 4.73. The molecule has 0 aromatic rings. The van der Waals surface area contributed by atoms with E-state index in [4.69, 9.17) is 10.8 Å². The fourth-order valence-electron chi connectivity index (χ4n) is 0.502. The highest BCUT2D eigenvalue weighted by Crippen LogP contribution is 1.83. The van der Waals surface area contributed by atoms with Crippen LogP contribution in [0.4, 0.5) is 0 Å². The zero-order valence-corrected chi connectivity index (χ0v) is 5.56.